The summed E-state index contributed by atoms with van der Waals surface area (Å²) in [6, 6.07) is 0. The average Bonchev–Trinajstić information content (AvgIpc) is 2.84. The van der Waals surface area contributed by atoms with Gasteiger partial charge >= 0.3 is 0 Å². The van der Waals surface area contributed by atoms with Gasteiger partial charge in [0.15, 0.2) is 0 Å². The first-order valence-corrected chi connectivity index (χ1v) is 7.39. The molecule has 0 aliphatic rings. The third-order valence-electron chi connectivity index (χ3n) is 2.61. The molecule has 0 unspecified atom stereocenters. The van der Waals surface area contributed by atoms with E-state index in [1.807, 2.05) is 0 Å². The van der Waals surface area contributed by atoms with Crippen molar-refractivity contribution in [3.05, 3.63) is 16.1 Å². The molecule has 1 rings (SSSR count). The molecule has 0 atom stereocenters. The van der Waals surface area contributed by atoms with Gasteiger partial charge in [0, 0.05) is 23.8 Å². The second-order valence-electron chi connectivity index (χ2n) is 5.46. The number of nitrogens with zero attached hydrogens (tertiary/aromatic N) is 1. The Morgan fingerprint density at radius 3 is 2.36 bits per heavy atom. The van der Waals surface area contributed by atoms with Crippen LogP contribution in [-0.2, 0) is 21.4 Å². The van der Waals surface area contributed by atoms with Crippen LogP contribution in [0.15, 0.2) is 5.38 Å². The van der Waals surface area contributed by atoms with Crippen molar-refractivity contribution in [1.82, 2.24) is 15.6 Å². The van der Waals surface area contributed by atoms with Gasteiger partial charge in [-0.05, 0) is 0 Å². The van der Waals surface area contributed by atoms with E-state index in [9.17, 15) is 9.59 Å². The Morgan fingerprint density at radius 1 is 1.23 bits per heavy atom. The van der Waals surface area contributed by atoms with Gasteiger partial charge in [0.25, 0.3) is 0 Å². The van der Waals surface area contributed by atoms with Crippen LogP contribution in [0.1, 0.15) is 31.5 Å². The van der Waals surface area contributed by atoms with Crippen LogP contribution in [0.25, 0.3) is 0 Å². The standard InChI is InChI=1S/C13H22N4O2S.2ClH/c1-13(2,3)9-8-20-12(17-9)4-5-15-11(19)7-16-10(18)6-14;;/h8H,4-7,14H2,1-3H3,(H,15,19)(H,16,18);2*1H. The van der Waals surface area contributed by atoms with Gasteiger partial charge in [0.1, 0.15) is 0 Å². The lowest BCUT2D eigenvalue weighted by atomic mass is 9.93. The fraction of sp³-hybridized carbons (Fsp3) is 0.615. The smallest absolute Gasteiger partial charge is 0.239 e. The van der Waals surface area contributed by atoms with Crippen LogP contribution in [0.3, 0.4) is 0 Å². The molecular weight excluding hydrogens is 347 g/mol. The molecule has 128 valence electrons. The number of thiazole rings is 1. The summed E-state index contributed by atoms with van der Waals surface area (Å²) in [5.74, 6) is -0.561. The zero-order valence-corrected chi connectivity index (χ0v) is 15.4. The van der Waals surface area contributed by atoms with Crippen LogP contribution >= 0.6 is 36.2 Å². The van der Waals surface area contributed by atoms with E-state index in [4.69, 9.17) is 5.73 Å². The summed E-state index contributed by atoms with van der Waals surface area (Å²) in [6.07, 6.45) is 0.692. The van der Waals surface area contributed by atoms with Gasteiger partial charge < -0.3 is 16.4 Å². The molecule has 0 bridgehead atoms. The molecule has 1 aromatic rings. The van der Waals surface area contributed by atoms with Crippen molar-refractivity contribution < 1.29 is 9.59 Å². The first-order chi connectivity index (χ1) is 9.32. The highest BCUT2D eigenvalue weighted by Crippen LogP contribution is 2.23. The lowest BCUT2D eigenvalue weighted by molar-refractivity contribution is -0.125. The van der Waals surface area contributed by atoms with Crippen LogP contribution in [0.2, 0.25) is 0 Å². The topological polar surface area (TPSA) is 97.1 Å². The molecule has 0 saturated heterocycles. The largest absolute Gasteiger partial charge is 0.354 e. The first-order valence-electron chi connectivity index (χ1n) is 6.51. The number of carbonyl (C=O) groups excluding carboxylic acids is 2. The van der Waals surface area contributed by atoms with Crippen LogP contribution in [-0.4, -0.2) is 36.4 Å². The van der Waals surface area contributed by atoms with Crippen molar-refractivity contribution in [3.8, 4) is 0 Å². The normalized spacial score (nSPS) is 10.2. The summed E-state index contributed by atoms with van der Waals surface area (Å²) in [5, 5.41) is 8.20. The van der Waals surface area contributed by atoms with Crippen molar-refractivity contribution in [2.75, 3.05) is 19.6 Å². The minimum Gasteiger partial charge on any atom is -0.354 e. The number of aromatic nitrogens is 1. The van der Waals surface area contributed by atoms with E-state index in [1.165, 1.54) is 0 Å². The number of hydrogen-bond donors (Lipinski definition) is 3. The van der Waals surface area contributed by atoms with Gasteiger partial charge in [0.05, 0.1) is 23.8 Å². The quantitative estimate of drug-likeness (QED) is 0.696. The Hall–Kier alpha value is -0.890. The molecule has 0 spiro atoms. The average molecular weight is 371 g/mol. The minimum absolute atomic E-state index is 0. The van der Waals surface area contributed by atoms with Gasteiger partial charge in [-0.2, -0.15) is 0 Å². The molecule has 1 aromatic heterocycles. The monoisotopic (exact) mass is 370 g/mol. The highest BCUT2D eigenvalue weighted by molar-refractivity contribution is 7.09. The summed E-state index contributed by atoms with van der Waals surface area (Å²) in [5.41, 5.74) is 6.24. The Kier molecular flexibility index (Phi) is 11.4. The molecule has 0 aliphatic heterocycles. The number of nitrogens with two attached hydrogens (primary N) is 1. The van der Waals surface area contributed by atoms with Crippen molar-refractivity contribution in [2.45, 2.75) is 32.6 Å². The second kappa shape index (κ2) is 10.8. The van der Waals surface area contributed by atoms with E-state index in [0.717, 1.165) is 10.7 Å². The maximum absolute atomic E-state index is 11.4. The molecule has 0 aromatic carbocycles. The fourth-order valence-electron chi connectivity index (χ4n) is 1.39. The number of carbonyl (C=O) groups is 2. The molecular formula is C13H24Cl2N4O2S. The summed E-state index contributed by atoms with van der Waals surface area (Å²) < 4.78 is 0. The third-order valence-corrected chi connectivity index (χ3v) is 3.52. The molecule has 6 nitrogen and oxygen atoms in total. The van der Waals surface area contributed by atoms with Crippen molar-refractivity contribution >= 4 is 48.0 Å². The summed E-state index contributed by atoms with van der Waals surface area (Å²) in [6.45, 7) is 6.72. The zero-order valence-electron chi connectivity index (χ0n) is 13.0. The predicted molar refractivity (Wildman–Crippen MR) is 94.1 cm³/mol. The number of amides is 2. The van der Waals surface area contributed by atoms with Crippen molar-refractivity contribution in [1.29, 1.82) is 0 Å². The van der Waals surface area contributed by atoms with Crippen molar-refractivity contribution in [3.63, 3.8) is 0 Å². The molecule has 0 aliphatic carbocycles. The predicted octanol–water partition coefficient (Wildman–Crippen LogP) is 1.02. The number of rotatable bonds is 6. The molecule has 4 N–H and O–H groups in total. The van der Waals surface area contributed by atoms with Crippen LogP contribution in [0.4, 0.5) is 0 Å². The van der Waals surface area contributed by atoms with Crippen LogP contribution in [0.5, 0.6) is 0 Å². The second-order valence-corrected chi connectivity index (χ2v) is 6.40. The minimum atomic E-state index is -0.338. The Balaban J connectivity index is 0. The zero-order chi connectivity index (χ0) is 15.2. The molecule has 22 heavy (non-hydrogen) atoms. The van der Waals surface area contributed by atoms with E-state index in [0.29, 0.717) is 13.0 Å². The molecule has 0 saturated carbocycles. The summed E-state index contributed by atoms with van der Waals surface area (Å²) in [7, 11) is 0. The van der Waals surface area contributed by atoms with Gasteiger partial charge in [-0.15, -0.1) is 36.2 Å². The number of nitrogens with one attached hydrogen (secondary N) is 2. The van der Waals surface area contributed by atoms with Gasteiger partial charge in [-0.3, -0.25) is 9.59 Å². The highest BCUT2D eigenvalue weighted by atomic mass is 35.5. The molecule has 2 amide bonds. The molecule has 9 heteroatoms. The molecule has 0 fully saturated rings. The Morgan fingerprint density at radius 2 is 1.86 bits per heavy atom. The van der Waals surface area contributed by atoms with Crippen LogP contribution in [0, 0.1) is 0 Å². The summed E-state index contributed by atoms with van der Waals surface area (Å²) >= 11 is 1.60. The van der Waals surface area contributed by atoms with Gasteiger partial charge in [0.2, 0.25) is 11.8 Å². The van der Waals surface area contributed by atoms with E-state index in [1.54, 1.807) is 11.3 Å². The molecule has 1 heterocycles. The van der Waals surface area contributed by atoms with E-state index in [2.05, 4.69) is 41.8 Å². The lowest BCUT2D eigenvalue weighted by Gasteiger charge is -2.14. The first kappa shape index (κ1) is 23.4. The maximum atomic E-state index is 11.4. The SMILES string of the molecule is CC(C)(C)c1csc(CCNC(=O)CNC(=O)CN)n1.Cl.Cl. The van der Waals surface area contributed by atoms with E-state index < -0.39 is 0 Å². The third kappa shape index (κ3) is 8.53. The summed E-state index contributed by atoms with van der Waals surface area (Å²) in [4.78, 5) is 26.9. The Labute approximate surface area is 147 Å². The Bertz CT molecular complexity index is 475. The maximum Gasteiger partial charge on any atom is 0.239 e. The van der Waals surface area contributed by atoms with Gasteiger partial charge in [-0.25, -0.2) is 4.98 Å². The highest BCUT2D eigenvalue weighted by Gasteiger charge is 2.17. The van der Waals surface area contributed by atoms with Crippen molar-refractivity contribution in [2.24, 2.45) is 5.73 Å². The fourth-order valence-corrected chi connectivity index (χ4v) is 2.42. The number of hydrogen-bond acceptors (Lipinski definition) is 5. The van der Waals surface area contributed by atoms with E-state index in [-0.39, 0.29) is 55.1 Å². The van der Waals surface area contributed by atoms with Crippen LogP contribution < -0.4 is 16.4 Å². The number of halogens is 2. The lowest BCUT2D eigenvalue weighted by Crippen LogP contribution is -2.40. The van der Waals surface area contributed by atoms with Gasteiger partial charge in [-0.1, -0.05) is 20.8 Å². The molecule has 0 radical (unpaired) electrons. The van der Waals surface area contributed by atoms with E-state index >= 15 is 0 Å².